The summed E-state index contributed by atoms with van der Waals surface area (Å²) in [5.74, 6) is -1.15. The maximum atomic E-state index is 12.8. The fourth-order valence-electron chi connectivity index (χ4n) is 4.11. The smallest absolute Gasteiger partial charge is 0.344 e. The molecular weight excluding hydrogens is 364 g/mol. The van der Waals surface area contributed by atoms with Gasteiger partial charge in [-0.05, 0) is 58.2 Å². The first kappa shape index (κ1) is 21.1. The molecule has 1 N–H and O–H groups in total. The van der Waals surface area contributed by atoms with E-state index in [0.29, 0.717) is 22.3 Å². The monoisotopic (exact) mass is 394 g/mol. The lowest BCUT2D eigenvalue weighted by Crippen LogP contribution is -2.47. The number of rotatable bonds is 5. The van der Waals surface area contributed by atoms with Crippen LogP contribution < -0.4 is 10.4 Å². The highest BCUT2D eigenvalue weighted by Gasteiger charge is 2.47. The average Bonchev–Trinajstić information content (AvgIpc) is 2.60. The largest absolute Gasteiger partial charge is 0.457 e. The maximum Gasteiger partial charge on any atom is 0.344 e. The number of hydrogen-bond acceptors (Lipinski definition) is 4. The molecule has 2 atom stereocenters. The number of aliphatic hydroxyl groups is 1. The third-order valence-electron chi connectivity index (χ3n) is 5.58. The molecule has 2 aromatic rings. The summed E-state index contributed by atoms with van der Waals surface area (Å²) in [7, 11) is 0. The summed E-state index contributed by atoms with van der Waals surface area (Å²) in [4.78, 5) is 12.8. The Morgan fingerprint density at radius 1 is 1.31 bits per heavy atom. The molecule has 1 aromatic carbocycles. The molecule has 3 rings (SSSR count). The van der Waals surface area contributed by atoms with E-state index < -0.39 is 16.8 Å². The lowest BCUT2D eigenvalue weighted by Gasteiger charge is -2.41. The number of benzene rings is 1. The summed E-state index contributed by atoms with van der Waals surface area (Å²) in [5.41, 5.74) is 2.85. The number of hydrogen-bond donors (Lipinski definition) is 1. The Labute approximate surface area is 172 Å². The van der Waals surface area contributed by atoms with Crippen molar-refractivity contribution in [1.82, 2.24) is 0 Å². The zero-order chi connectivity index (χ0) is 21.4. The molecule has 1 aromatic heterocycles. The fraction of sp³-hybridized carbons (Fsp3) is 0.400. The Hall–Kier alpha value is -2.59. The minimum absolute atomic E-state index is 0.193. The van der Waals surface area contributed by atoms with Crippen molar-refractivity contribution in [3.63, 3.8) is 0 Å². The van der Waals surface area contributed by atoms with Crippen molar-refractivity contribution in [2.75, 3.05) is 0 Å². The number of fused-ring (bicyclic) bond motifs is 3. The van der Waals surface area contributed by atoms with E-state index >= 15 is 0 Å². The molecule has 154 valence electrons. The van der Waals surface area contributed by atoms with Gasteiger partial charge in [0.05, 0.1) is 10.9 Å². The van der Waals surface area contributed by atoms with Crippen molar-refractivity contribution in [2.24, 2.45) is 0 Å². The fourth-order valence-corrected chi connectivity index (χ4v) is 4.11. The zero-order valence-corrected chi connectivity index (χ0v) is 18.0. The first-order chi connectivity index (χ1) is 13.6. The molecular formula is C25H30O4. The third kappa shape index (κ3) is 4.08. The van der Waals surface area contributed by atoms with Crippen LogP contribution in [0.25, 0.3) is 11.0 Å². The van der Waals surface area contributed by atoms with Crippen molar-refractivity contribution in [2.45, 2.75) is 65.1 Å². The highest BCUT2D eigenvalue weighted by Crippen LogP contribution is 2.47. The van der Waals surface area contributed by atoms with Crippen LogP contribution >= 0.6 is 0 Å². The first-order valence-corrected chi connectivity index (χ1v) is 10.0. The van der Waals surface area contributed by atoms with Crippen molar-refractivity contribution in [3.05, 3.63) is 75.7 Å². The van der Waals surface area contributed by atoms with E-state index in [1.54, 1.807) is 18.2 Å². The van der Waals surface area contributed by atoms with Crippen molar-refractivity contribution in [1.29, 1.82) is 0 Å². The Balaban J connectivity index is 2.15. The van der Waals surface area contributed by atoms with Crippen molar-refractivity contribution >= 4 is 11.0 Å². The number of ether oxygens (including phenoxy) is 1. The molecule has 1 aliphatic rings. The van der Waals surface area contributed by atoms with Gasteiger partial charge in [0.2, 0.25) is 5.79 Å². The molecule has 4 heteroatoms. The SMILES string of the molecule is C=C[C@@]1(C)C[C@@](O)(C=C(C)CCC=C(C)C)Oc2c1c(=O)oc1cccc(C)c21. The minimum atomic E-state index is -1.53. The van der Waals surface area contributed by atoms with Crippen LogP contribution in [0.3, 0.4) is 0 Å². The predicted molar refractivity (Wildman–Crippen MR) is 117 cm³/mol. The van der Waals surface area contributed by atoms with Crippen LogP contribution in [-0.2, 0) is 5.41 Å². The second-order valence-electron chi connectivity index (χ2n) is 8.60. The Kier molecular flexibility index (Phi) is 5.59. The van der Waals surface area contributed by atoms with E-state index in [0.717, 1.165) is 24.0 Å². The van der Waals surface area contributed by atoms with Gasteiger partial charge in [-0.3, -0.25) is 0 Å². The highest BCUT2D eigenvalue weighted by molar-refractivity contribution is 5.88. The molecule has 4 nitrogen and oxygen atoms in total. The van der Waals surface area contributed by atoms with Gasteiger partial charge in [0.15, 0.2) is 0 Å². The predicted octanol–water partition coefficient (Wildman–Crippen LogP) is 5.71. The van der Waals surface area contributed by atoms with Gasteiger partial charge in [-0.2, -0.15) is 0 Å². The Morgan fingerprint density at radius 2 is 2.03 bits per heavy atom. The molecule has 0 fully saturated rings. The summed E-state index contributed by atoms with van der Waals surface area (Å²) in [6.07, 6.45) is 7.57. The molecule has 0 saturated carbocycles. The van der Waals surface area contributed by atoms with Crippen LogP contribution in [0.15, 0.2) is 63.4 Å². The molecule has 0 spiro atoms. The average molecular weight is 395 g/mol. The molecule has 0 unspecified atom stereocenters. The summed E-state index contributed by atoms with van der Waals surface area (Å²) in [5, 5.41) is 12.1. The Bertz CT molecular complexity index is 1070. The zero-order valence-electron chi connectivity index (χ0n) is 18.0. The molecule has 0 radical (unpaired) electrons. The second kappa shape index (κ2) is 7.68. The highest BCUT2D eigenvalue weighted by atomic mass is 16.6. The van der Waals surface area contributed by atoms with Gasteiger partial charge in [-0.15, -0.1) is 6.58 Å². The molecule has 1 aliphatic heterocycles. The second-order valence-corrected chi connectivity index (χ2v) is 8.60. The Morgan fingerprint density at radius 3 is 2.69 bits per heavy atom. The van der Waals surface area contributed by atoms with E-state index in [-0.39, 0.29) is 6.42 Å². The van der Waals surface area contributed by atoms with E-state index in [1.165, 1.54) is 5.57 Å². The number of allylic oxidation sites excluding steroid dienone is 4. The maximum absolute atomic E-state index is 12.8. The van der Waals surface area contributed by atoms with Crippen molar-refractivity contribution < 1.29 is 14.3 Å². The van der Waals surface area contributed by atoms with E-state index in [4.69, 9.17) is 9.15 Å². The van der Waals surface area contributed by atoms with Crippen LogP contribution in [0.2, 0.25) is 0 Å². The van der Waals surface area contributed by atoms with Crippen LogP contribution in [0, 0.1) is 6.92 Å². The van der Waals surface area contributed by atoms with E-state index in [9.17, 15) is 9.90 Å². The van der Waals surface area contributed by atoms with Gasteiger partial charge in [-0.25, -0.2) is 4.79 Å². The quantitative estimate of drug-likeness (QED) is 0.521. The molecule has 29 heavy (non-hydrogen) atoms. The summed E-state index contributed by atoms with van der Waals surface area (Å²) in [6, 6.07) is 5.51. The molecule has 0 saturated heterocycles. The summed E-state index contributed by atoms with van der Waals surface area (Å²) >= 11 is 0. The summed E-state index contributed by atoms with van der Waals surface area (Å²) in [6.45, 7) is 13.9. The van der Waals surface area contributed by atoms with Crippen molar-refractivity contribution in [3.8, 4) is 5.75 Å². The van der Waals surface area contributed by atoms with Gasteiger partial charge in [0.1, 0.15) is 11.3 Å². The third-order valence-corrected chi connectivity index (χ3v) is 5.58. The van der Waals surface area contributed by atoms with Gasteiger partial charge >= 0.3 is 5.63 Å². The van der Waals surface area contributed by atoms with Crippen LogP contribution in [-0.4, -0.2) is 10.9 Å². The number of aryl methyl sites for hydroxylation is 1. The normalized spacial score (nSPS) is 24.0. The first-order valence-electron chi connectivity index (χ1n) is 10.0. The minimum Gasteiger partial charge on any atom is -0.457 e. The lowest BCUT2D eigenvalue weighted by atomic mass is 9.74. The molecule has 0 aliphatic carbocycles. The standard InChI is InChI=1S/C25H30O4/c1-7-24(6)15-25(27,14-17(4)11-8-10-16(2)3)29-22-20-18(5)12-9-13-19(20)28-23(26)21(22)24/h7,9-10,12-14,27H,1,8,11,15H2,2-6H3/t24-,25+/m0/s1. The van der Waals surface area contributed by atoms with Gasteiger partial charge < -0.3 is 14.3 Å². The van der Waals surface area contributed by atoms with E-state index in [2.05, 4.69) is 26.5 Å². The lowest BCUT2D eigenvalue weighted by molar-refractivity contribution is -0.120. The van der Waals surface area contributed by atoms with Crippen LogP contribution in [0.5, 0.6) is 5.75 Å². The molecule has 0 bridgehead atoms. The molecule has 0 amide bonds. The molecule has 2 heterocycles. The van der Waals surface area contributed by atoms with E-state index in [1.807, 2.05) is 32.9 Å². The topological polar surface area (TPSA) is 59.7 Å². The summed E-state index contributed by atoms with van der Waals surface area (Å²) < 4.78 is 11.7. The van der Waals surface area contributed by atoms with Gasteiger partial charge in [0, 0.05) is 11.8 Å². The van der Waals surface area contributed by atoms with Gasteiger partial charge in [-0.1, -0.05) is 42.4 Å². The van der Waals surface area contributed by atoms with Crippen LogP contribution in [0.1, 0.15) is 58.1 Å². The van der Waals surface area contributed by atoms with Gasteiger partial charge in [0.25, 0.3) is 0 Å². The van der Waals surface area contributed by atoms with Crippen LogP contribution in [0.4, 0.5) is 0 Å².